The van der Waals surface area contributed by atoms with Gasteiger partial charge in [-0.15, -0.1) is 0 Å². The van der Waals surface area contributed by atoms with Crippen molar-refractivity contribution in [1.29, 1.82) is 0 Å². The Morgan fingerprint density at radius 3 is 2.42 bits per heavy atom. The third kappa shape index (κ3) is 5.28. The van der Waals surface area contributed by atoms with E-state index in [1.165, 1.54) is 17.7 Å². The molecule has 0 radical (unpaired) electrons. The fraction of sp³-hybridized carbons (Fsp3) is 0.350. The summed E-state index contributed by atoms with van der Waals surface area (Å²) in [5.41, 5.74) is 2.03. The van der Waals surface area contributed by atoms with Crippen LogP contribution in [0.1, 0.15) is 17.2 Å². The van der Waals surface area contributed by atoms with Crippen LogP contribution in [0.5, 0.6) is 0 Å². The zero-order valence-corrected chi connectivity index (χ0v) is 14.7. The second-order valence-corrected chi connectivity index (χ2v) is 6.26. The molecular formula is C20H24FN3O2. The quantitative estimate of drug-likeness (QED) is 0.836. The minimum atomic E-state index is -0.283. The van der Waals surface area contributed by atoms with Crippen molar-refractivity contribution in [2.24, 2.45) is 0 Å². The minimum absolute atomic E-state index is 0.108. The molecule has 5 nitrogen and oxygen atoms in total. The molecule has 26 heavy (non-hydrogen) atoms. The van der Waals surface area contributed by atoms with E-state index in [-0.39, 0.29) is 17.9 Å². The highest BCUT2D eigenvalue weighted by Gasteiger charge is 2.22. The molecule has 0 aromatic heterocycles. The van der Waals surface area contributed by atoms with E-state index in [0.717, 1.165) is 18.7 Å². The molecule has 0 unspecified atom stereocenters. The van der Waals surface area contributed by atoms with Gasteiger partial charge in [0.25, 0.3) is 0 Å². The van der Waals surface area contributed by atoms with Crippen molar-refractivity contribution in [3.8, 4) is 0 Å². The van der Waals surface area contributed by atoms with E-state index >= 15 is 0 Å². The number of urea groups is 1. The van der Waals surface area contributed by atoms with Crippen molar-refractivity contribution in [3.63, 3.8) is 0 Å². The Morgan fingerprint density at radius 1 is 1.04 bits per heavy atom. The summed E-state index contributed by atoms with van der Waals surface area (Å²) >= 11 is 0. The summed E-state index contributed by atoms with van der Waals surface area (Å²) in [7, 11) is 0. The van der Waals surface area contributed by atoms with Gasteiger partial charge in [0.15, 0.2) is 0 Å². The summed E-state index contributed by atoms with van der Waals surface area (Å²) in [4.78, 5) is 14.5. The van der Waals surface area contributed by atoms with Crippen molar-refractivity contribution < 1.29 is 13.9 Å². The first-order valence-electron chi connectivity index (χ1n) is 8.85. The van der Waals surface area contributed by atoms with Crippen molar-refractivity contribution in [2.45, 2.75) is 12.6 Å². The molecule has 1 aliphatic heterocycles. The van der Waals surface area contributed by atoms with Gasteiger partial charge in [-0.05, 0) is 23.3 Å². The summed E-state index contributed by atoms with van der Waals surface area (Å²) in [6, 6.07) is 16.2. The number of carbonyl (C=O) groups is 1. The van der Waals surface area contributed by atoms with Crippen LogP contribution in [0.15, 0.2) is 54.6 Å². The Kier molecular flexibility index (Phi) is 6.57. The maximum Gasteiger partial charge on any atom is 0.315 e. The van der Waals surface area contributed by atoms with E-state index in [1.54, 1.807) is 12.1 Å². The number of hydrogen-bond donors (Lipinski definition) is 2. The molecular weight excluding hydrogens is 333 g/mol. The second-order valence-electron chi connectivity index (χ2n) is 6.26. The molecule has 1 heterocycles. The number of carbonyl (C=O) groups excluding carboxylic acids is 1. The lowest BCUT2D eigenvalue weighted by molar-refractivity contribution is 0.0167. The average molecular weight is 357 g/mol. The molecule has 3 rings (SSSR count). The number of nitrogens with zero attached hydrogens (tertiary/aromatic N) is 1. The van der Waals surface area contributed by atoms with Gasteiger partial charge in [-0.3, -0.25) is 4.90 Å². The molecule has 0 spiro atoms. The highest BCUT2D eigenvalue weighted by atomic mass is 19.1. The predicted octanol–water partition coefficient (Wildman–Crippen LogP) is 2.70. The molecule has 138 valence electrons. The maximum atomic E-state index is 12.9. The Labute approximate surface area is 153 Å². The molecule has 1 saturated heterocycles. The van der Waals surface area contributed by atoms with Gasteiger partial charge >= 0.3 is 6.03 Å². The second kappa shape index (κ2) is 9.31. The molecule has 0 bridgehead atoms. The van der Waals surface area contributed by atoms with Gasteiger partial charge in [0.1, 0.15) is 5.82 Å². The fourth-order valence-electron chi connectivity index (χ4n) is 3.06. The molecule has 2 N–H and O–H groups in total. The molecule has 1 fully saturated rings. The Balaban J connectivity index is 1.54. The fourth-order valence-corrected chi connectivity index (χ4v) is 3.06. The van der Waals surface area contributed by atoms with E-state index in [0.29, 0.717) is 26.3 Å². The Bertz CT molecular complexity index is 688. The SMILES string of the molecule is O=C(NCc1ccc(F)cc1)NC[C@@H](c1ccccc1)N1CCOCC1. The van der Waals surface area contributed by atoms with Crippen LogP contribution in [0.2, 0.25) is 0 Å². The van der Waals surface area contributed by atoms with Crippen LogP contribution in [0.3, 0.4) is 0 Å². The van der Waals surface area contributed by atoms with Crippen molar-refractivity contribution in [2.75, 3.05) is 32.8 Å². The minimum Gasteiger partial charge on any atom is -0.379 e. The van der Waals surface area contributed by atoms with Crippen LogP contribution < -0.4 is 10.6 Å². The number of benzene rings is 2. The lowest BCUT2D eigenvalue weighted by Crippen LogP contribution is -2.45. The zero-order chi connectivity index (χ0) is 18.2. The van der Waals surface area contributed by atoms with Crippen LogP contribution in [-0.2, 0) is 11.3 Å². The summed E-state index contributed by atoms with van der Waals surface area (Å²) in [5.74, 6) is -0.283. The Hall–Kier alpha value is -2.44. The lowest BCUT2D eigenvalue weighted by Gasteiger charge is -2.34. The van der Waals surface area contributed by atoms with Gasteiger partial charge in [0.05, 0.1) is 19.3 Å². The zero-order valence-electron chi connectivity index (χ0n) is 14.7. The first kappa shape index (κ1) is 18.4. The number of hydrogen-bond acceptors (Lipinski definition) is 3. The number of nitrogens with one attached hydrogen (secondary N) is 2. The number of rotatable bonds is 6. The first-order valence-corrected chi connectivity index (χ1v) is 8.85. The topological polar surface area (TPSA) is 53.6 Å². The van der Waals surface area contributed by atoms with Gasteiger partial charge < -0.3 is 15.4 Å². The van der Waals surface area contributed by atoms with Gasteiger partial charge in [0, 0.05) is 26.2 Å². The largest absolute Gasteiger partial charge is 0.379 e. The molecule has 0 saturated carbocycles. The summed E-state index contributed by atoms with van der Waals surface area (Å²) in [6.07, 6.45) is 0. The van der Waals surface area contributed by atoms with Crippen LogP contribution in [0.4, 0.5) is 9.18 Å². The van der Waals surface area contributed by atoms with E-state index in [9.17, 15) is 9.18 Å². The van der Waals surface area contributed by atoms with E-state index in [2.05, 4.69) is 27.7 Å². The highest BCUT2D eigenvalue weighted by molar-refractivity contribution is 5.73. The van der Waals surface area contributed by atoms with Gasteiger partial charge in [-0.25, -0.2) is 9.18 Å². The van der Waals surface area contributed by atoms with Crippen LogP contribution in [0.25, 0.3) is 0 Å². The molecule has 6 heteroatoms. The van der Waals surface area contributed by atoms with E-state index in [1.807, 2.05) is 18.2 Å². The van der Waals surface area contributed by atoms with Crippen LogP contribution in [-0.4, -0.2) is 43.8 Å². The van der Waals surface area contributed by atoms with Gasteiger partial charge in [-0.2, -0.15) is 0 Å². The van der Waals surface area contributed by atoms with Gasteiger partial charge in [0.2, 0.25) is 0 Å². The van der Waals surface area contributed by atoms with Crippen molar-refractivity contribution in [3.05, 3.63) is 71.5 Å². The first-order chi connectivity index (χ1) is 12.7. The summed E-state index contributed by atoms with van der Waals surface area (Å²) < 4.78 is 18.4. The van der Waals surface area contributed by atoms with E-state index in [4.69, 9.17) is 4.74 Å². The predicted molar refractivity (Wildman–Crippen MR) is 98.2 cm³/mol. The standard InChI is InChI=1S/C20H24FN3O2/c21-18-8-6-16(7-9-18)14-22-20(25)23-15-19(17-4-2-1-3-5-17)24-10-12-26-13-11-24/h1-9,19H,10-15H2,(H2,22,23,25)/t19-/m0/s1. The number of halogens is 1. The van der Waals surface area contributed by atoms with Gasteiger partial charge in [-0.1, -0.05) is 42.5 Å². The maximum absolute atomic E-state index is 12.9. The lowest BCUT2D eigenvalue weighted by atomic mass is 10.0. The number of amides is 2. The van der Waals surface area contributed by atoms with Crippen LogP contribution >= 0.6 is 0 Å². The van der Waals surface area contributed by atoms with Crippen molar-refractivity contribution in [1.82, 2.24) is 15.5 Å². The Morgan fingerprint density at radius 2 is 1.73 bits per heavy atom. The van der Waals surface area contributed by atoms with E-state index < -0.39 is 0 Å². The third-order valence-electron chi connectivity index (χ3n) is 4.49. The average Bonchev–Trinajstić information content (AvgIpc) is 2.69. The molecule has 2 aromatic rings. The number of morpholine rings is 1. The van der Waals surface area contributed by atoms with Crippen LogP contribution in [0, 0.1) is 5.82 Å². The molecule has 1 atom stereocenters. The third-order valence-corrected chi connectivity index (χ3v) is 4.49. The molecule has 2 amide bonds. The smallest absolute Gasteiger partial charge is 0.315 e. The highest BCUT2D eigenvalue weighted by Crippen LogP contribution is 2.20. The van der Waals surface area contributed by atoms with Crippen molar-refractivity contribution >= 4 is 6.03 Å². The molecule has 2 aromatic carbocycles. The molecule has 0 aliphatic carbocycles. The molecule has 1 aliphatic rings. The monoisotopic (exact) mass is 357 g/mol. The summed E-state index contributed by atoms with van der Waals surface area (Å²) in [6.45, 7) is 3.98. The number of ether oxygens (including phenoxy) is 1. The normalized spacial score (nSPS) is 16.0. The summed E-state index contributed by atoms with van der Waals surface area (Å²) in [5, 5.41) is 5.77.